The first-order valence-electron chi connectivity index (χ1n) is 9.28. The molecule has 4 rings (SSSR count). The number of hydrogen-bond acceptors (Lipinski definition) is 8. The van der Waals surface area contributed by atoms with Crippen LogP contribution in [0, 0.1) is 11.6 Å². The number of halogens is 3. The minimum Gasteiger partial charge on any atom is -0.466 e. The van der Waals surface area contributed by atoms with Crippen molar-refractivity contribution in [3.8, 4) is 0 Å². The quantitative estimate of drug-likeness (QED) is 0.498. The second-order valence-corrected chi connectivity index (χ2v) is 10.3. The average Bonchev–Trinajstić information content (AvgIpc) is 3.39. The first-order chi connectivity index (χ1) is 15.1. The number of ether oxygens (including phenoxy) is 1. The topological polar surface area (TPSA) is 101 Å². The number of sulfonamides is 1. The number of aliphatic imine (C=N–C) groups is 1. The number of esters is 1. The molecule has 2 aromatic rings. The first-order valence-corrected chi connectivity index (χ1v) is 12.4. The van der Waals surface area contributed by atoms with Crippen molar-refractivity contribution in [2.75, 3.05) is 19.9 Å². The van der Waals surface area contributed by atoms with Crippen molar-refractivity contribution in [1.29, 1.82) is 0 Å². The number of nitrogens with zero attached hydrogens (tertiary/aromatic N) is 3. The minimum absolute atomic E-state index is 0.0681. The van der Waals surface area contributed by atoms with Gasteiger partial charge in [-0.25, -0.2) is 31.7 Å². The molecule has 0 unspecified atom stereocenters. The van der Waals surface area contributed by atoms with E-state index in [0.717, 1.165) is 12.3 Å². The van der Waals surface area contributed by atoms with Crippen LogP contribution in [0.3, 0.4) is 0 Å². The van der Waals surface area contributed by atoms with E-state index < -0.39 is 44.7 Å². The summed E-state index contributed by atoms with van der Waals surface area (Å²) in [6.07, 6.45) is 2.77. The lowest BCUT2D eigenvalue weighted by atomic mass is 9.94. The van der Waals surface area contributed by atoms with Crippen molar-refractivity contribution in [2.24, 2.45) is 4.99 Å². The molecule has 0 aliphatic carbocycles. The van der Waals surface area contributed by atoms with Crippen LogP contribution in [-0.4, -0.2) is 56.1 Å². The van der Waals surface area contributed by atoms with Crippen molar-refractivity contribution in [3.63, 3.8) is 0 Å². The Morgan fingerprint density at radius 2 is 2.12 bits per heavy atom. The van der Waals surface area contributed by atoms with E-state index in [0.29, 0.717) is 16.5 Å². The Hall–Kier alpha value is -2.41. The number of thiazole rings is 1. The Balaban J connectivity index is 1.92. The third-order valence-corrected chi connectivity index (χ3v) is 6.94. The van der Waals surface area contributed by atoms with Gasteiger partial charge in [0.1, 0.15) is 6.04 Å². The van der Waals surface area contributed by atoms with Crippen molar-refractivity contribution in [1.82, 2.24) is 14.6 Å². The fourth-order valence-electron chi connectivity index (χ4n) is 3.83. The number of carbonyl (C=O) groups excluding carboxylic acids is 1. The van der Waals surface area contributed by atoms with Gasteiger partial charge < -0.3 is 9.64 Å². The molecular weight excluding hydrogens is 486 g/mol. The standard InChI is InChI=1S/C19H17ClF2N4O4S2/c1-30-19(27)13-12-7-9(25-32(2,28)29)8-26(12)17(18-23-5-6-31-18)24-16(13)10-3-4-11(21)15(22)14(10)20/h3-6,9,16,25H,7-8H2,1-2H3/t9-,16-/m0/s1. The zero-order valence-electron chi connectivity index (χ0n) is 16.8. The predicted molar refractivity (Wildman–Crippen MR) is 115 cm³/mol. The lowest BCUT2D eigenvalue weighted by molar-refractivity contribution is -0.136. The summed E-state index contributed by atoms with van der Waals surface area (Å²) in [7, 11) is -2.34. The van der Waals surface area contributed by atoms with E-state index >= 15 is 0 Å². The lowest BCUT2D eigenvalue weighted by Crippen LogP contribution is -2.39. The number of nitrogens with one attached hydrogen (secondary N) is 1. The van der Waals surface area contributed by atoms with Crippen LogP contribution in [-0.2, 0) is 19.6 Å². The Bertz CT molecular complexity index is 1250. The van der Waals surface area contributed by atoms with Gasteiger partial charge in [0.2, 0.25) is 10.0 Å². The maximum absolute atomic E-state index is 14.3. The molecule has 0 bridgehead atoms. The Kier molecular flexibility index (Phi) is 6.05. The number of carbonyl (C=O) groups is 1. The second kappa shape index (κ2) is 8.50. The van der Waals surface area contributed by atoms with Crippen molar-refractivity contribution < 1.29 is 26.7 Å². The number of hydrogen-bond donors (Lipinski definition) is 1. The van der Waals surface area contributed by atoms with Gasteiger partial charge in [-0.15, -0.1) is 11.3 Å². The third kappa shape index (κ3) is 4.15. The molecule has 2 aliphatic rings. The molecule has 0 spiro atoms. The van der Waals surface area contributed by atoms with Gasteiger partial charge in [-0.2, -0.15) is 0 Å². The molecule has 2 atom stereocenters. The highest BCUT2D eigenvalue weighted by Gasteiger charge is 2.43. The SMILES string of the molecule is COC(=O)C1=C2C[C@H](NS(C)(=O)=O)CN2C(c2nccs2)=N[C@H]1c1ccc(F)c(F)c1Cl. The Morgan fingerprint density at radius 3 is 2.75 bits per heavy atom. The minimum atomic E-state index is -3.53. The van der Waals surface area contributed by atoms with Crippen LogP contribution < -0.4 is 4.72 Å². The van der Waals surface area contributed by atoms with Crippen molar-refractivity contribution >= 4 is 44.8 Å². The van der Waals surface area contributed by atoms with Crippen LogP contribution in [0.25, 0.3) is 0 Å². The molecule has 0 saturated carbocycles. The van der Waals surface area contributed by atoms with E-state index in [1.807, 2.05) is 0 Å². The fourth-order valence-corrected chi connectivity index (χ4v) is 5.49. The number of rotatable bonds is 5. The van der Waals surface area contributed by atoms with Crippen LogP contribution in [0.5, 0.6) is 0 Å². The summed E-state index contributed by atoms with van der Waals surface area (Å²) in [5.74, 6) is -2.76. The number of benzene rings is 1. The smallest absolute Gasteiger partial charge is 0.338 e. The molecule has 1 N–H and O–H groups in total. The zero-order valence-corrected chi connectivity index (χ0v) is 19.2. The van der Waals surface area contributed by atoms with Gasteiger partial charge in [-0.3, -0.25) is 4.99 Å². The maximum atomic E-state index is 14.3. The molecular formula is C19H17ClF2N4O4S2. The molecule has 1 aromatic carbocycles. The highest BCUT2D eigenvalue weighted by Crippen LogP contribution is 2.43. The highest BCUT2D eigenvalue weighted by molar-refractivity contribution is 7.88. The van der Waals surface area contributed by atoms with E-state index in [2.05, 4.69) is 14.7 Å². The molecule has 0 radical (unpaired) electrons. The summed E-state index contributed by atoms with van der Waals surface area (Å²) in [5.41, 5.74) is 0.592. The summed E-state index contributed by atoms with van der Waals surface area (Å²) >= 11 is 7.39. The molecule has 3 heterocycles. The van der Waals surface area contributed by atoms with Gasteiger partial charge in [0.15, 0.2) is 22.5 Å². The van der Waals surface area contributed by atoms with Crippen LogP contribution >= 0.6 is 22.9 Å². The molecule has 0 amide bonds. The normalized spacial score (nSPS) is 20.9. The number of methoxy groups -OCH3 is 1. The average molecular weight is 503 g/mol. The van der Waals surface area contributed by atoms with E-state index in [1.54, 1.807) is 16.5 Å². The molecule has 8 nitrogen and oxygen atoms in total. The summed E-state index contributed by atoms with van der Waals surface area (Å²) in [6, 6.07) is 0.509. The van der Waals surface area contributed by atoms with Crippen LogP contribution in [0.4, 0.5) is 8.78 Å². The van der Waals surface area contributed by atoms with E-state index in [4.69, 9.17) is 16.3 Å². The zero-order chi connectivity index (χ0) is 23.2. The molecule has 170 valence electrons. The van der Waals surface area contributed by atoms with Crippen LogP contribution in [0.2, 0.25) is 5.02 Å². The molecule has 1 aromatic heterocycles. The number of fused-ring (bicyclic) bond motifs is 1. The summed E-state index contributed by atoms with van der Waals surface area (Å²) in [5, 5.41) is 1.74. The number of aromatic nitrogens is 1. The highest BCUT2D eigenvalue weighted by atomic mass is 35.5. The van der Waals surface area contributed by atoms with Crippen LogP contribution in [0.15, 0.2) is 40.0 Å². The monoisotopic (exact) mass is 502 g/mol. The van der Waals surface area contributed by atoms with E-state index in [-0.39, 0.29) is 24.1 Å². The largest absolute Gasteiger partial charge is 0.466 e. The Labute approximate surface area is 191 Å². The second-order valence-electron chi connectivity index (χ2n) is 7.21. The molecule has 1 fully saturated rings. The van der Waals surface area contributed by atoms with Gasteiger partial charge >= 0.3 is 5.97 Å². The van der Waals surface area contributed by atoms with Gasteiger partial charge in [0.25, 0.3) is 0 Å². The maximum Gasteiger partial charge on any atom is 0.338 e. The lowest BCUT2D eigenvalue weighted by Gasteiger charge is -2.31. The third-order valence-electron chi connectivity index (χ3n) is 5.03. The van der Waals surface area contributed by atoms with Gasteiger partial charge in [0, 0.05) is 41.8 Å². The predicted octanol–water partition coefficient (Wildman–Crippen LogP) is 2.63. The van der Waals surface area contributed by atoms with Gasteiger partial charge in [0.05, 0.1) is 24.0 Å². The Morgan fingerprint density at radius 1 is 1.38 bits per heavy atom. The summed E-state index contributed by atoms with van der Waals surface area (Å²) in [6.45, 7) is 0.194. The molecule has 32 heavy (non-hydrogen) atoms. The molecule has 2 aliphatic heterocycles. The first kappa shape index (κ1) is 22.8. The van der Waals surface area contributed by atoms with Crippen LogP contribution in [0.1, 0.15) is 23.0 Å². The van der Waals surface area contributed by atoms with Gasteiger partial charge in [-0.1, -0.05) is 17.7 Å². The summed E-state index contributed by atoms with van der Waals surface area (Å²) < 4.78 is 59.0. The fraction of sp³-hybridized carbons (Fsp3) is 0.316. The van der Waals surface area contributed by atoms with Crippen molar-refractivity contribution in [3.05, 3.63) is 62.2 Å². The van der Waals surface area contributed by atoms with Gasteiger partial charge in [-0.05, 0) is 6.07 Å². The number of amidine groups is 1. The van der Waals surface area contributed by atoms with E-state index in [1.165, 1.54) is 24.5 Å². The van der Waals surface area contributed by atoms with Crippen molar-refractivity contribution in [2.45, 2.75) is 18.5 Å². The molecule has 13 heteroatoms. The summed E-state index contributed by atoms with van der Waals surface area (Å²) in [4.78, 5) is 23.4. The van der Waals surface area contributed by atoms with E-state index in [9.17, 15) is 22.0 Å². The molecule has 1 saturated heterocycles.